The molecule has 2 aliphatic rings. The van der Waals surface area contributed by atoms with Crippen molar-refractivity contribution in [1.82, 2.24) is 4.90 Å². The monoisotopic (exact) mass is 220 g/mol. The van der Waals surface area contributed by atoms with Crippen LogP contribution in [-0.4, -0.2) is 23.4 Å². The maximum Gasteiger partial charge on any atom is 0.226 e. The highest BCUT2D eigenvalue weighted by Gasteiger charge is 2.57. The predicted octanol–water partition coefficient (Wildman–Crippen LogP) is 2.18. The van der Waals surface area contributed by atoms with Gasteiger partial charge in [-0.15, -0.1) is 0 Å². The van der Waals surface area contributed by atoms with Crippen LogP contribution in [-0.2, 0) is 4.79 Å². The number of carbonyl (C=O) groups excluding carboxylic acids is 1. The zero-order valence-corrected chi connectivity index (χ0v) is 10.1. The number of hydrogen-bond acceptors (Lipinski definition) is 2. The molecule has 0 aromatic rings. The van der Waals surface area contributed by atoms with E-state index in [2.05, 4.69) is 6.07 Å². The number of carbonyl (C=O) groups is 1. The lowest BCUT2D eigenvalue weighted by Gasteiger charge is -2.26. The van der Waals surface area contributed by atoms with Crippen LogP contribution in [0.25, 0.3) is 0 Å². The molecule has 1 amide bonds. The van der Waals surface area contributed by atoms with Crippen molar-refractivity contribution in [2.75, 3.05) is 6.54 Å². The Kier molecular flexibility index (Phi) is 3.18. The first-order chi connectivity index (χ1) is 7.66. The summed E-state index contributed by atoms with van der Waals surface area (Å²) in [5, 5.41) is 8.61. The number of nitriles is 1. The third-order valence-electron chi connectivity index (χ3n) is 4.06. The summed E-state index contributed by atoms with van der Waals surface area (Å²) >= 11 is 0. The molecule has 0 aliphatic heterocycles. The normalized spacial score (nSPS) is 31.0. The van der Waals surface area contributed by atoms with Crippen molar-refractivity contribution in [1.29, 1.82) is 5.26 Å². The van der Waals surface area contributed by atoms with Gasteiger partial charge in [-0.25, -0.2) is 0 Å². The summed E-state index contributed by atoms with van der Waals surface area (Å²) in [5.74, 6) is 1.96. The SMILES string of the molecule is CC(C)N(CCC#N)C(=O)C1C2CCCC21. The quantitative estimate of drug-likeness (QED) is 0.729. The van der Waals surface area contributed by atoms with Crippen molar-refractivity contribution in [3.8, 4) is 6.07 Å². The standard InChI is InChI=1S/C13H20N2O/c1-9(2)15(8-4-7-14)13(16)12-10-5-3-6-11(10)12/h9-12H,3-6,8H2,1-2H3. The third-order valence-corrected chi connectivity index (χ3v) is 4.06. The van der Waals surface area contributed by atoms with Gasteiger partial charge in [-0.3, -0.25) is 4.79 Å². The topological polar surface area (TPSA) is 44.1 Å². The number of rotatable bonds is 4. The fraction of sp³-hybridized carbons (Fsp3) is 0.846. The second-order valence-electron chi connectivity index (χ2n) is 5.32. The van der Waals surface area contributed by atoms with Crippen LogP contribution in [0.2, 0.25) is 0 Å². The van der Waals surface area contributed by atoms with Crippen LogP contribution in [0.5, 0.6) is 0 Å². The largest absolute Gasteiger partial charge is 0.339 e. The van der Waals surface area contributed by atoms with Gasteiger partial charge in [0.1, 0.15) is 0 Å². The van der Waals surface area contributed by atoms with E-state index in [0.29, 0.717) is 36.6 Å². The Morgan fingerprint density at radius 3 is 2.56 bits per heavy atom. The van der Waals surface area contributed by atoms with Gasteiger partial charge in [0, 0.05) is 18.5 Å². The van der Waals surface area contributed by atoms with E-state index in [1.54, 1.807) is 0 Å². The summed E-state index contributed by atoms with van der Waals surface area (Å²) in [5.41, 5.74) is 0. The highest BCUT2D eigenvalue weighted by atomic mass is 16.2. The van der Waals surface area contributed by atoms with E-state index in [0.717, 1.165) is 0 Å². The van der Waals surface area contributed by atoms with Crippen LogP contribution in [0.15, 0.2) is 0 Å². The van der Waals surface area contributed by atoms with Gasteiger partial charge in [-0.2, -0.15) is 5.26 Å². The van der Waals surface area contributed by atoms with E-state index in [1.807, 2.05) is 18.7 Å². The molecule has 0 saturated heterocycles. The smallest absolute Gasteiger partial charge is 0.226 e. The summed E-state index contributed by atoms with van der Waals surface area (Å²) in [6, 6.07) is 2.35. The summed E-state index contributed by atoms with van der Waals surface area (Å²) < 4.78 is 0. The van der Waals surface area contributed by atoms with Gasteiger partial charge in [0.15, 0.2) is 0 Å². The number of nitrogens with zero attached hydrogens (tertiary/aromatic N) is 2. The van der Waals surface area contributed by atoms with Crippen LogP contribution >= 0.6 is 0 Å². The summed E-state index contributed by atoms with van der Waals surface area (Å²) in [6.07, 6.45) is 4.24. The predicted molar refractivity (Wildman–Crippen MR) is 61.4 cm³/mol. The molecule has 88 valence electrons. The Balaban J connectivity index is 1.93. The van der Waals surface area contributed by atoms with Crippen molar-refractivity contribution in [3.05, 3.63) is 0 Å². The van der Waals surface area contributed by atoms with Crippen LogP contribution in [0.4, 0.5) is 0 Å². The van der Waals surface area contributed by atoms with E-state index in [4.69, 9.17) is 5.26 Å². The van der Waals surface area contributed by atoms with Gasteiger partial charge < -0.3 is 4.90 Å². The molecule has 0 aromatic carbocycles. The zero-order valence-electron chi connectivity index (χ0n) is 10.1. The second-order valence-corrected chi connectivity index (χ2v) is 5.32. The molecule has 3 heteroatoms. The Morgan fingerprint density at radius 1 is 1.44 bits per heavy atom. The van der Waals surface area contributed by atoms with Crippen molar-refractivity contribution < 1.29 is 4.79 Å². The molecule has 2 atom stereocenters. The van der Waals surface area contributed by atoms with Crippen molar-refractivity contribution in [2.24, 2.45) is 17.8 Å². The Morgan fingerprint density at radius 2 is 2.06 bits per heavy atom. The molecule has 0 spiro atoms. The fourth-order valence-corrected chi connectivity index (χ4v) is 3.17. The minimum Gasteiger partial charge on any atom is -0.339 e. The lowest BCUT2D eigenvalue weighted by Crippen LogP contribution is -2.39. The zero-order chi connectivity index (χ0) is 11.7. The molecule has 2 fully saturated rings. The lowest BCUT2D eigenvalue weighted by atomic mass is 10.1. The molecule has 0 aromatic heterocycles. The highest BCUT2D eigenvalue weighted by Crippen LogP contribution is 2.58. The van der Waals surface area contributed by atoms with Crippen LogP contribution in [0, 0.1) is 29.1 Å². The van der Waals surface area contributed by atoms with E-state index < -0.39 is 0 Å². The summed E-state index contributed by atoms with van der Waals surface area (Å²) in [6.45, 7) is 4.67. The second kappa shape index (κ2) is 4.45. The van der Waals surface area contributed by atoms with Crippen molar-refractivity contribution >= 4 is 5.91 Å². The third kappa shape index (κ3) is 1.93. The van der Waals surface area contributed by atoms with E-state index in [1.165, 1.54) is 19.3 Å². The first-order valence-corrected chi connectivity index (χ1v) is 6.34. The Hall–Kier alpha value is -1.04. The number of amides is 1. The molecule has 0 radical (unpaired) electrons. The molecule has 0 N–H and O–H groups in total. The average Bonchev–Trinajstić information content (AvgIpc) is 2.72. The maximum atomic E-state index is 12.3. The Labute approximate surface area is 97.4 Å². The van der Waals surface area contributed by atoms with Gasteiger partial charge in [0.25, 0.3) is 0 Å². The molecular formula is C13H20N2O. The van der Waals surface area contributed by atoms with Crippen LogP contribution in [0.1, 0.15) is 39.5 Å². The minimum atomic E-state index is 0.224. The Bertz CT molecular complexity index is 308. The number of fused-ring (bicyclic) bond motifs is 1. The van der Waals surface area contributed by atoms with Gasteiger partial charge in [-0.1, -0.05) is 6.42 Å². The number of hydrogen-bond donors (Lipinski definition) is 0. The van der Waals surface area contributed by atoms with Crippen LogP contribution in [0.3, 0.4) is 0 Å². The van der Waals surface area contributed by atoms with E-state index >= 15 is 0 Å². The first kappa shape index (κ1) is 11.4. The van der Waals surface area contributed by atoms with Crippen LogP contribution < -0.4 is 0 Å². The summed E-state index contributed by atoms with van der Waals surface area (Å²) in [4.78, 5) is 14.2. The van der Waals surface area contributed by atoms with Gasteiger partial charge in [0.2, 0.25) is 5.91 Å². The molecule has 2 unspecified atom stereocenters. The van der Waals surface area contributed by atoms with Gasteiger partial charge in [0.05, 0.1) is 12.5 Å². The molecule has 16 heavy (non-hydrogen) atoms. The maximum absolute atomic E-state index is 12.3. The van der Waals surface area contributed by atoms with Gasteiger partial charge in [-0.05, 0) is 38.5 Å². The van der Waals surface area contributed by atoms with Crippen molar-refractivity contribution in [3.63, 3.8) is 0 Å². The molecule has 3 nitrogen and oxygen atoms in total. The average molecular weight is 220 g/mol. The molecule has 0 heterocycles. The minimum absolute atomic E-state index is 0.224. The molecule has 2 rings (SSSR count). The molecule has 2 saturated carbocycles. The molecule has 0 bridgehead atoms. The van der Waals surface area contributed by atoms with E-state index in [-0.39, 0.29) is 6.04 Å². The molecule has 2 aliphatic carbocycles. The molecular weight excluding hydrogens is 200 g/mol. The van der Waals surface area contributed by atoms with E-state index in [9.17, 15) is 4.79 Å². The first-order valence-electron chi connectivity index (χ1n) is 6.34. The highest BCUT2D eigenvalue weighted by molar-refractivity contribution is 5.82. The fourth-order valence-electron chi connectivity index (χ4n) is 3.17. The lowest BCUT2D eigenvalue weighted by molar-refractivity contribution is -0.135. The van der Waals surface area contributed by atoms with Gasteiger partial charge >= 0.3 is 0 Å². The summed E-state index contributed by atoms with van der Waals surface area (Å²) in [7, 11) is 0. The van der Waals surface area contributed by atoms with Crippen molar-refractivity contribution in [2.45, 2.75) is 45.6 Å².